The largest absolute Gasteiger partial charge is 0.349 e. The maximum atomic E-state index is 12.4. The first-order valence-corrected chi connectivity index (χ1v) is 8.36. The van der Waals surface area contributed by atoms with E-state index in [1.807, 2.05) is 54.6 Å². The third-order valence-electron chi connectivity index (χ3n) is 4.27. The normalized spacial score (nSPS) is 16.6. The molecular formula is C19H21ClN2O. The second-order valence-electron chi connectivity index (χ2n) is 6.16. The van der Waals surface area contributed by atoms with Gasteiger partial charge in [0.1, 0.15) is 0 Å². The van der Waals surface area contributed by atoms with Gasteiger partial charge in [0.05, 0.1) is 6.04 Å². The van der Waals surface area contributed by atoms with E-state index in [0.717, 1.165) is 24.0 Å². The summed E-state index contributed by atoms with van der Waals surface area (Å²) in [5.74, 6) is 0.515. The maximum absolute atomic E-state index is 12.4. The molecule has 2 aromatic carbocycles. The lowest BCUT2D eigenvalue weighted by Gasteiger charge is -2.20. The van der Waals surface area contributed by atoms with E-state index in [1.54, 1.807) is 0 Å². The standard InChI is InChI=1S/C19H21ClN2O/c20-16-10-8-15(9-11-16)19(14-6-7-14)22-18(23)12-17(21)13-4-2-1-3-5-13/h1-5,8-11,14,17,19H,6-7,12,21H2,(H,22,23). The molecule has 1 aliphatic rings. The number of carbonyl (C=O) groups is 1. The summed E-state index contributed by atoms with van der Waals surface area (Å²) in [7, 11) is 0. The van der Waals surface area contributed by atoms with Crippen LogP contribution in [0.1, 0.15) is 42.5 Å². The highest BCUT2D eigenvalue weighted by molar-refractivity contribution is 6.30. The Balaban J connectivity index is 1.64. The van der Waals surface area contributed by atoms with Crippen LogP contribution in [-0.2, 0) is 4.79 Å². The van der Waals surface area contributed by atoms with Gasteiger partial charge in [-0.3, -0.25) is 4.79 Å². The molecule has 0 heterocycles. The van der Waals surface area contributed by atoms with Crippen LogP contribution in [0.2, 0.25) is 5.02 Å². The minimum absolute atomic E-state index is 0.00629. The first-order chi connectivity index (χ1) is 11.1. The van der Waals surface area contributed by atoms with Crippen LogP contribution in [0.25, 0.3) is 0 Å². The highest BCUT2D eigenvalue weighted by atomic mass is 35.5. The Morgan fingerprint density at radius 1 is 1.09 bits per heavy atom. The summed E-state index contributed by atoms with van der Waals surface area (Å²) in [6, 6.07) is 17.2. The van der Waals surface area contributed by atoms with Crippen molar-refractivity contribution >= 4 is 17.5 Å². The van der Waals surface area contributed by atoms with E-state index in [2.05, 4.69) is 5.32 Å². The molecule has 0 saturated heterocycles. The predicted molar refractivity (Wildman–Crippen MR) is 93.0 cm³/mol. The Bertz CT molecular complexity index is 653. The van der Waals surface area contributed by atoms with Gasteiger partial charge in [-0.05, 0) is 42.0 Å². The van der Waals surface area contributed by atoms with E-state index >= 15 is 0 Å². The zero-order valence-corrected chi connectivity index (χ0v) is 13.7. The molecule has 3 nitrogen and oxygen atoms in total. The molecule has 3 rings (SSSR count). The van der Waals surface area contributed by atoms with Crippen LogP contribution < -0.4 is 11.1 Å². The smallest absolute Gasteiger partial charge is 0.222 e. The molecule has 3 N–H and O–H groups in total. The lowest BCUT2D eigenvalue weighted by Crippen LogP contribution is -2.32. The molecule has 2 aromatic rings. The van der Waals surface area contributed by atoms with Gasteiger partial charge in [0.25, 0.3) is 0 Å². The van der Waals surface area contributed by atoms with Crippen LogP contribution in [0.5, 0.6) is 0 Å². The van der Waals surface area contributed by atoms with Crippen molar-refractivity contribution in [1.82, 2.24) is 5.32 Å². The van der Waals surface area contributed by atoms with Crippen molar-refractivity contribution in [3.05, 3.63) is 70.7 Å². The number of hydrogen-bond donors (Lipinski definition) is 2. The Labute approximate surface area is 141 Å². The molecule has 1 aliphatic carbocycles. The lowest BCUT2D eigenvalue weighted by molar-refractivity contribution is -0.122. The first kappa shape index (κ1) is 16.0. The molecule has 23 heavy (non-hydrogen) atoms. The van der Waals surface area contributed by atoms with Gasteiger partial charge in [-0.2, -0.15) is 0 Å². The van der Waals surface area contributed by atoms with Crippen molar-refractivity contribution in [2.45, 2.75) is 31.3 Å². The molecular weight excluding hydrogens is 308 g/mol. The Morgan fingerprint density at radius 3 is 2.35 bits per heavy atom. The molecule has 1 saturated carbocycles. The van der Waals surface area contributed by atoms with Crippen LogP contribution in [0.3, 0.4) is 0 Å². The minimum Gasteiger partial charge on any atom is -0.349 e. The Kier molecular flexibility index (Phi) is 4.99. The zero-order chi connectivity index (χ0) is 16.2. The molecule has 0 spiro atoms. The van der Waals surface area contributed by atoms with Crippen molar-refractivity contribution in [1.29, 1.82) is 0 Å². The number of halogens is 1. The van der Waals surface area contributed by atoms with Gasteiger partial charge < -0.3 is 11.1 Å². The van der Waals surface area contributed by atoms with Gasteiger partial charge >= 0.3 is 0 Å². The van der Waals surface area contributed by atoms with Gasteiger partial charge in [0.15, 0.2) is 0 Å². The fraction of sp³-hybridized carbons (Fsp3) is 0.316. The topological polar surface area (TPSA) is 55.1 Å². The molecule has 1 amide bonds. The summed E-state index contributed by atoms with van der Waals surface area (Å²) in [5.41, 5.74) is 8.24. The fourth-order valence-electron chi connectivity index (χ4n) is 2.82. The number of hydrogen-bond acceptors (Lipinski definition) is 2. The van der Waals surface area contributed by atoms with Crippen LogP contribution >= 0.6 is 11.6 Å². The van der Waals surface area contributed by atoms with E-state index in [-0.39, 0.29) is 18.0 Å². The number of carbonyl (C=O) groups excluding carboxylic acids is 1. The second-order valence-corrected chi connectivity index (χ2v) is 6.59. The van der Waals surface area contributed by atoms with Gasteiger partial charge in [-0.1, -0.05) is 54.1 Å². The first-order valence-electron chi connectivity index (χ1n) is 7.99. The molecule has 4 heteroatoms. The third kappa shape index (κ3) is 4.34. The van der Waals surface area contributed by atoms with Crippen molar-refractivity contribution in [2.75, 3.05) is 0 Å². The number of benzene rings is 2. The number of amides is 1. The average Bonchev–Trinajstić information content (AvgIpc) is 3.39. The quantitative estimate of drug-likeness (QED) is 0.842. The lowest BCUT2D eigenvalue weighted by atomic mass is 10.0. The Hall–Kier alpha value is -1.84. The van der Waals surface area contributed by atoms with E-state index in [4.69, 9.17) is 17.3 Å². The molecule has 1 fully saturated rings. The van der Waals surface area contributed by atoms with Gasteiger partial charge in [0.2, 0.25) is 5.91 Å². The maximum Gasteiger partial charge on any atom is 0.222 e. The molecule has 0 bridgehead atoms. The van der Waals surface area contributed by atoms with E-state index < -0.39 is 0 Å². The van der Waals surface area contributed by atoms with Gasteiger partial charge in [-0.25, -0.2) is 0 Å². The van der Waals surface area contributed by atoms with Gasteiger partial charge in [-0.15, -0.1) is 0 Å². The van der Waals surface area contributed by atoms with Gasteiger partial charge in [0, 0.05) is 17.5 Å². The summed E-state index contributed by atoms with van der Waals surface area (Å²) in [6.45, 7) is 0. The minimum atomic E-state index is -0.277. The monoisotopic (exact) mass is 328 g/mol. The molecule has 2 unspecified atom stereocenters. The number of rotatable bonds is 6. The summed E-state index contributed by atoms with van der Waals surface area (Å²) in [5, 5.41) is 3.86. The molecule has 0 aromatic heterocycles. The second kappa shape index (κ2) is 7.16. The van der Waals surface area contributed by atoms with Crippen molar-refractivity contribution in [3.8, 4) is 0 Å². The summed E-state index contributed by atoms with van der Waals surface area (Å²) in [6.07, 6.45) is 2.59. The SMILES string of the molecule is NC(CC(=O)NC(c1ccc(Cl)cc1)C1CC1)c1ccccc1. The summed E-state index contributed by atoms with van der Waals surface area (Å²) < 4.78 is 0. The van der Waals surface area contributed by atoms with Crippen LogP contribution in [-0.4, -0.2) is 5.91 Å². The molecule has 2 atom stereocenters. The zero-order valence-electron chi connectivity index (χ0n) is 12.9. The summed E-state index contributed by atoms with van der Waals surface area (Å²) >= 11 is 5.95. The molecule has 120 valence electrons. The molecule has 0 aliphatic heterocycles. The summed E-state index contributed by atoms with van der Waals surface area (Å²) in [4.78, 5) is 12.4. The van der Waals surface area contributed by atoms with Crippen LogP contribution in [0, 0.1) is 5.92 Å². The molecule has 0 radical (unpaired) electrons. The fourth-order valence-corrected chi connectivity index (χ4v) is 2.95. The average molecular weight is 329 g/mol. The van der Waals surface area contributed by atoms with Crippen molar-refractivity contribution in [2.24, 2.45) is 11.7 Å². The highest BCUT2D eigenvalue weighted by Gasteiger charge is 2.33. The third-order valence-corrected chi connectivity index (χ3v) is 4.52. The Morgan fingerprint density at radius 2 is 1.74 bits per heavy atom. The highest BCUT2D eigenvalue weighted by Crippen LogP contribution is 2.41. The van der Waals surface area contributed by atoms with Crippen LogP contribution in [0.15, 0.2) is 54.6 Å². The van der Waals surface area contributed by atoms with E-state index in [9.17, 15) is 4.79 Å². The van der Waals surface area contributed by atoms with Crippen LogP contribution in [0.4, 0.5) is 0 Å². The van der Waals surface area contributed by atoms with Crippen molar-refractivity contribution < 1.29 is 4.79 Å². The predicted octanol–water partition coefficient (Wildman–Crippen LogP) is 4.00. The van der Waals surface area contributed by atoms with Crippen molar-refractivity contribution in [3.63, 3.8) is 0 Å². The number of nitrogens with two attached hydrogens (primary N) is 1. The number of nitrogens with one attached hydrogen (secondary N) is 1. The van der Waals surface area contributed by atoms with E-state index in [1.165, 1.54) is 0 Å². The van der Waals surface area contributed by atoms with E-state index in [0.29, 0.717) is 17.4 Å².